The van der Waals surface area contributed by atoms with Crippen LogP contribution in [-0.2, 0) is 6.42 Å². The maximum absolute atomic E-state index is 12.8. The van der Waals surface area contributed by atoms with Crippen LogP contribution < -0.4 is 0 Å². The van der Waals surface area contributed by atoms with Crippen molar-refractivity contribution in [2.75, 3.05) is 0 Å². The molecule has 2 heterocycles. The van der Waals surface area contributed by atoms with E-state index >= 15 is 0 Å². The molecule has 2 aromatic carbocycles. The molecular weight excluding hydrogens is 336 g/mol. The highest BCUT2D eigenvalue weighted by molar-refractivity contribution is 5.96. The lowest BCUT2D eigenvalue weighted by atomic mass is 10.1. The minimum absolute atomic E-state index is 0.0775. The third-order valence-corrected chi connectivity index (χ3v) is 4.74. The molecule has 0 saturated carbocycles. The van der Waals surface area contributed by atoms with E-state index in [0.29, 0.717) is 5.69 Å². The first kappa shape index (κ1) is 17.1. The lowest BCUT2D eigenvalue weighted by Crippen LogP contribution is -2.08. The summed E-state index contributed by atoms with van der Waals surface area (Å²) >= 11 is 0. The van der Waals surface area contributed by atoms with Gasteiger partial charge in [-0.3, -0.25) is 9.78 Å². The third-order valence-electron chi connectivity index (χ3n) is 4.74. The number of nitrogens with zero attached hydrogens (tertiary/aromatic N) is 4. The molecule has 0 aliphatic carbocycles. The number of rotatable bonds is 4. The Hall–Kier alpha value is -3.34. The highest BCUT2D eigenvalue weighted by atomic mass is 16.1. The molecule has 4 aromatic rings. The topological polar surface area (TPSA) is 60.7 Å². The molecule has 0 radical (unpaired) electrons. The second kappa shape index (κ2) is 6.76. The molecule has 5 nitrogen and oxygen atoms in total. The summed E-state index contributed by atoms with van der Waals surface area (Å²) in [6, 6.07) is 17.9. The van der Waals surface area contributed by atoms with Crippen molar-refractivity contribution in [2.45, 2.75) is 27.2 Å². The molecule has 0 aliphatic rings. The van der Waals surface area contributed by atoms with Crippen molar-refractivity contribution in [1.29, 1.82) is 0 Å². The average Bonchev–Trinajstić information content (AvgIpc) is 3.03. The van der Waals surface area contributed by atoms with Gasteiger partial charge >= 0.3 is 0 Å². The fourth-order valence-electron chi connectivity index (χ4n) is 3.31. The Kier molecular flexibility index (Phi) is 4.28. The van der Waals surface area contributed by atoms with Crippen LogP contribution in [0.3, 0.4) is 0 Å². The number of aromatic nitrogens is 4. The summed E-state index contributed by atoms with van der Waals surface area (Å²) in [5, 5.41) is 9.43. The predicted molar refractivity (Wildman–Crippen MR) is 105 cm³/mol. The maximum atomic E-state index is 12.8. The van der Waals surface area contributed by atoms with E-state index in [0.717, 1.165) is 33.5 Å². The highest BCUT2D eigenvalue weighted by Gasteiger charge is 2.19. The number of para-hydroxylation sites is 1. The zero-order valence-corrected chi connectivity index (χ0v) is 15.6. The minimum Gasteiger partial charge on any atom is -0.292 e. The summed E-state index contributed by atoms with van der Waals surface area (Å²) in [6.07, 6.45) is 0.206. The van der Waals surface area contributed by atoms with E-state index in [1.165, 1.54) is 5.56 Å². The van der Waals surface area contributed by atoms with Gasteiger partial charge in [0.1, 0.15) is 0 Å². The Balaban J connectivity index is 1.63. The molecule has 0 N–H and O–H groups in total. The van der Waals surface area contributed by atoms with Gasteiger partial charge in [-0.2, -0.15) is 0 Å². The van der Waals surface area contributed by atoms with Crippen molar-refractivity contribution in [1.82, 2.24) is 20.0 Å². The molecule has 0 spiro atoms. The van der Waals surface area contributed by atoms with Gasteiger partial charge in [0.05, 0.1) is 23.3 Å². The van der Waals surface area contributed by atoms with Crippen LogP contribution >= 0.6 is 0 Å². The molecule has 0 aliphatic heterocycles. The fraction of sp³-hybridized carbons (Fsp3) is 0.182. The summed E-state index contributed by atoms with van der Waals surface area (Å²) in [7, 11) is 0. The van der Waals surface area contributed by atoms with Crippen LogP contribution in [0.15, 0.2) is 54.6 Å². The van der Waals surface area contributed by atoms with E-state index in [-0.39, 0.29) is 12.2 Å². The van der Waals surface area contributed by atoms with E-state index in [4.69, 9.17) is 0 Å². The number of hydrogen-bond acceptors (Lipinski definition) is 4. The molecule has 0 amide bonds. The Labute approximate surface area is 157 Å². The molecule has 5 heteroatoms. The Bertz CT molecular complexity index is 1160. The summed E-state index contributed by atoms with van der Waals surface area (Å²) in [6.45, 7) is 5.96. The van der Waals surface area contributed by atoms with E-state index in [1.54, 1.807) is 4.68 Å². The number of ketones is 1. The lowest BCUT2D eigenvalue weighted by molar-refractivity contribution is 0.0986. The standard InChI is InChI=1S/C22H20N4O/c1-14-8-11-20(15(2)12-14)26-16(3)22(24-25-26)21(27)13-18-10-9-17-6-4-5-7-19(17)23-18/h4-12H,13H2,1-3H3. The first-order valence-corrected chi connectivity index (χ1v) is 8.91. The minimum atomic E-state index is -0.0775. The highest BCUT2D eigenvalue weighted by Crippen LogP contribution is 2.19. The van der Waals surface area contributed by atoms with Crippen molar-refractivity contribution in [3.8, 4) is 5.69 Å². The largest absolute Gasteiger partial charge is 0.292 e. The van der Waals surface area contributed by atoms with Gasteiger partial charge in [-0.15, -0.1) is 5.10 Å². The Morgan fingerprint density at radius 1 is 1.00 bits per heavy atom. The van der Waals surface area contributed by atoms with Crippen LogP contribution in [0.2, 0.25) is 0 Å². The number of fused-ring (bicyclic) bond motifs is 1. The molecule has 134 valence electrons. The molecule has 0 saturated heterocycles. The number of pyridine rings is 1. The number of benzene rings is 2. The van der Waals surface area contributed by atoms with E-state index in [1.807, 2.05) is 62.4 Å². The molecule has 0 unspecified atom stereocenters. The third kappa shape index (κ3) is 3.24. The fourth-order valence-corrected chi connectivity index (χ4v) is 3.31. The Morgan fingerprint density at radius 3 is 2.63 bits per heavy atom. The van der Waals surface area contributed by atoms with Gasteiger partial charge in [0.25, 0.3) is 0 Å². The second-order valence-electron chi connectivity index (χ2n) is 6.82. The van der Waals surface area contributed by atoms with Crippen LogP contribution in [0.5, 0.6) is 0 Å². The zero-order chi connectivity index (χ0) is 19.0. The van der Waals surface area contributed by atoms with Crippen molar-refractivity contribution >= 4 is 16.7 Å². The van der Waals surface area contributed by atoms with Crippen LogP contribution in [0.4, 0.5) is 0 Å². The van der Waals surface area contributed by atoms with Crippen molar-refractivity contribution in [3.05, 3.63) is 82.8 Å². The van der Waals surface area contributed by atoms with Gasteiger partial charge in [0.2, 0.25) is 0 Å². The second-order valence-corrected chi connectivity index (χ2v) is 6.82. The summed E-state index contributed by atoms with van der Waals surface area (Å²) in [5.74, 6) is -0.0775. The summed E-state index contributed by atoms with van der Waals surface area (Å²) in [5.41, 5.74) is 5.98. The maximum Gasteiger partial charge on any atom is 0.190 e. The van der Waals surface area contributed by atoms with Crippen LogP contribution in [0, 0.1) is 20.8 Å². The lowest BCUT2D eigenvalue weighted by Gasteiger charge is -2.08. The molecule has 4 rings (SSSR count). The van der Waals surface area contributed by atoms with Gasteiger partial charge in [-0.25, -0.2) is 4.68 Å². The normalized spacial score (nSPS) is 11.1. The van der Waals surface area contributed by atoms with E-state index in [9.17, 15) is 4.79 Å². The number of hydrogen-bond donors (Lipinski definition) is 0. The van der Waals surface area contributed by atoms with Gasteiger partial charge in [0, 0.05) is 11.1 Å². The number of Topliss-reactive ketones (excluding diaryl/α,β-unsaturated/α-hetero) is 1. The molecule has 0 atom stereocenters. The first-order chi connectivity index (χ1) is 13.0. The summed E-state index contributed by atoms with van der Waals surface area (Å²) < 4.78 is 1.73. The van der Waals surface area contributed by atoms with Gasteiger partial charge in [-0.05, 0) is 44.5 Å². The number of carbonyl (C=O) groups excluding carboxylic acids is 1. The van der Waals surface area contributed by atoms with E-state index in [2.05, 4.69) is 28.3 Å². The molecule has 27 heavy (non-hydrogen) atoms. The Morgan fingerprint density at radius 2 is 1.81 bits per heavy atom. The monoisotopic (exact) mass is 356 g/mol. The van der Waals surface area contributed by atoms with Gasteiger partial charge < -0.3 is 0 Å². The first-order valence-electron chi connectivity index (χ1n) is 8.91. The average molecular weight is 356 g/mol. The van der Waals surface area contributed by atoms with Crippen molar-refractivity contribution in [2.24, 2.45) is 0 Å². The smallest absolute Gasteiger partial charge is 0.190 e. The van der Waals surface area contributed by atoms with Crippen LogP contribution in [0.1, 0.15) is 33.0 Å². The summed E-state index contributed by atoms with van der Waals surface area (Å²) in [4.78, 5) is 17.4. The van der Waals surface area contributed by atoms with Crippen molar-refractivity contribution in [3.63, 3.8) is 0 Å². The zero-order valence-electron chi connectivity index (χ0n) is 15.6. The quantitative estimate of drug-likeness (QED) is 0.515. The molecule has 2 aromatic heterocycles. The number of carbonyl (C=O) groups is 1. The predicted octanol–water partition coefficient (Wildman–Crippen LogP) is 4.17. The van der Waals surface area contributed by atoms with Crippen molar-refractivity contribution < 1.29 is 4.79 Å². The van der Waals surface area contributed by atoms with Crippen LogP contribution in [0.25, 0.3) is 16.6 Å². The molecular formula is C22H20N4O. The SMILES string of the molecule is Cc1ccc(-n2nnc(C(=O)Cc3ccc4ccccc4n3)c2C)c(C)c1. The van der Waals surface area contributed by atoms with Crippen LogP contribution in [-0.4, -0.2) is 25.8 Å². The molecule has 0 fully saturated rings. The number of aryl methyl sites for hydroxylation is 2. The van der Waals surface area contributed by atoms with E-state index < -0.39 is 0 Å². The van der Waals surface area contributed by atoms with Gasteiger partial charge in [0.15, 0.2) is 11.5 Å². The van der Waals surface area contributed by atoms with Gasteiger partial charge in [-0.1, -0.05) is 47.2 Å². The molecule has 0 bridgehead atoms.